The molecule has 4 aromatic carbocycles. The number of nitrogens with zero attached hydrogens (tertiary/aromatic N) is 5. The summed E-state index contributed by atoms with van der Waals surface area (Å²) in [6.45, 7) is 19.8. The predicted octanol–water partition coefficient (Wildman–Crippen LogP) is 11.6. The molecule has 6 heterocycles. The monoisotopic (exact) mass is 897 g/mol. The molecule has 2 aromatic heterocycles. The highest BCUT2D eigenvalue weighted by atomic mass is 16.5. The molecule has 8 atom stereocenters. The maximum Gasteiger partial charge on any atom is 0.151 e. The number of likely N-dealkylation sites (tertiary alicyclic amines) is 2. The minimum absolute atomic E-state index is 0.00511. The number of likely N-dealkylation sites (N-methyl/N-ethyl adjacent to an activating group) is 2. The fourth-order valence-electron chi connectivity index (χ4n) is 15.8. The van der Waals surface area contributed by atoms with Crippen molar-refractivity contribution in [3.63, 3.8) is 0 Å². The van der Waals surface area contributed by atoms with Crippen LogP contribution in [0.4, 0.5) is 11.4 Å². The van der Waals surface area contributed by atoms with E-state index in [4.69, 9.17) is 19.4 Å². The Morgan fingerprint density at radius 1 is 0.627 bits per heavy atom. The maximum absolute atomic E-state index is 7.02. The van der Waals surface area contributed by atoms with Gasteiger partial charge in [-0.2, -0.15) is 0 Å². The average molecular weight is 897 g/mol. The first-order valence-electron chi connectivity index (χ1n) is 25.5. The molecule has 8 nitrogen and oxygen atoms in total. The molecule has 1 N–H and O–H groups in total. The number of fused-ring (bicyclic) bond motifs is 6. The highest BCUT2D eigenvalue weighted by Gasteiger charge is 2.72. The van der Waals surface area contributed by atoms with Crippen LogP contribution < -0.4 is 19.7 Å². The van der Waals surface area contributed by atoms with Gasteiger partial charge >= 0.3 is 0 Å². The Morgan fingerprint density at radius 2 is 1.07 bits per heavy atom. The second kappa shape index (κ2) is 15.4. The summed E-state index contributed by atoms with van der Waals surface area (Å²) < 4.78 is 14.0. The van der Waals surface area contributed by atoms with Crippen LogP contribution >= 0.6 is 0 Å². The molecular weight excluding hydrogens is 825 g/mol. The van der Waals surface area contributed by atoms with Crippen molar-refractivity contribution in [1.29, 1.82) is 0 Å². The minimum atomic E-state index is -0.00990. The zero-order chi connectivity index (χ0) is 47.1. The van der Waals surface area contributed by atoms with Crippen LogP contribution in [0.1, 0.15) is 122 Å². The number of aromatic nitrogens is 2. The van der Waals surface area contributed by atoms with Crippen LogP contribution in [-0.2, 0) is 36.5 Å². The van der Waals surface area contributed by atoms with Gasteiger partial charge < -0.3 is 29.5 Å². The Bertz CT molecular complexity index is 3000. The van der Waals surface area contributed by atoms with Gasteiger partial charge in [0, 0.05) is 82.8 Å². The van der Waals surface area contributed by atoms with E-state index in [1.807, 2.05) is 27.7 Å². The van der Waals surface area contributed by atoms with E-state index in [1.165, 1.54) is 72.3 Å². The summed E-state index contributed by atoms with van der Waals surface area (Å²) in [5.41, 5.74) is 18.6. The summed E-state index contributed by atoms with van der Waals surface area (Å²) in [7, 11) is 11.1. The highest BCUT2D eigenvalue weighted by Crippen LogP contribution is 2.73. The summed E-state index contributed by atoms with van der Waals surface area (Å²) in [6, 6.07) is 27.5. The van der Waals surface area contributed by atoms with Crippen molar-refractivity contribution in [2.75, 3.05) is 58.5 Å². The van der Waals surface area contributed by atoms with Crippen LogP contribution in [0.3, 0.4) is 0 Å². The maximum atomic E-state index is 7.02. The van der Waals surface area contributed by atoms with E-state index in [0.717, 1.165) is 79.8 Å². The second-order valence-electron chi connectivity index (χ2n) is 21.4. The lowest BCUT2D eigenvalue weighted by Crippen LogP contribution is -2.68. The lowest BCUT2D eigenvalue weighted by Gasteiger charge is -2.64. The number of pyridine rings is 2. The van der Waals surface area contributed by atoms with Gasteiger partial charge in [0.2, 0.25) is 0 Å². The fourth-order valence-corrected chi connectivity index (χ4v) is 15.8. The van der Waals surface area contributed by atoms with Gasteiger partial charge in [0.25, 0.3) is 0 Å². The second-order valence-corrected chi connectivity index (χ2v) is 21.4. The molecule has 2 saturated heterocycles. The topological polar surface area (TPSA) is 66.0 Å². The zero-order valence-corrected chi connectivity index (χ0v) is 42.4. The molecule has 0 unspecified atom stereocenters. The molecule has 14 rings (SSSR count). The number of hydrogen-bond donors (Lipinski definition) is 1. The van der Waals surface area contributed by atoms with E-state index in [0.29, 0.717) is 12.1 Å². The Morgan fingerprint density at radius 3 is 1.57 bits per heavy atom. The lowest BCUT2D eigenvalue weighted by atomic mass is 9.44. The smallest absolute Gasteiger partial charge is 0.151 e. The summed E-state index contributed by atoms with van der Waals surface area (Å²) in [5.74, 6) is 2.29. The third-order valence-corrected chi connectivity index (χ3v) is 18.6. The van der Waals surface area contributed by atoms with Gasteiger partial charge in [0.05, 0.1) is 38.9 Å². The number of benzene rings is 4. The quantitative estimate of drug-likeness (QED) is 0.184. The molecule has 4 aliphatic carbocycles. The third kappa shape index (κ3) is 5.43. The Balaban J connectivity index is 0.000000138. The van der Waals surface area contributed by atoms with Gasteiger partial charge in [-0.1, -0.05) is 102 Å². The molecule has 8 heteroatoms. The first-order chi connectivity index (χ1) is 32.4. The van der Waals surface area contributed by atoms with Crippen molar-refractivity contribution in [3.8, 4) is 11.5 Å². The molecule has 2 spiro atoms. The van der Waals surface area contributed by atoms with E-state index in [-0.39, 0.29) is 33.9 Å². The van der Waals surface area contributed by atoms with Crippen LogP contribution in [-0.4, -0.2) is 80.2 Å². The average Bonchev–Trinajstić information content (AvgIpc) is 3.88. The lowest BCUT2D eigenvalue weighted by molar-refractivity contribution is -0.0908. The van der Waals surface area contributed by atoms with E-state index in [1.54, 1.807) is 0 Å². The van der Waals surface area contributed by atoms with Crippen LogP contribution in [0, 0.1) is 24.7 Å². The fraction of sp³-hybridized carbons (Fsp3) is 0.492. The highest BCUT2D eigenvalue weighted by molar-refractivity contribution is 5.95. The number of hydrogen-bond acceptors (Lipinski definition) is 8. The number of anilines is 2. The number of nitrogens with one attached hydrogen (secondary N) is 1. The Kier molecular flexibility index (Phi) is 10.2. The van der Waals surface area contributed by atoms with Gasteiger partial charge in [-0.15, -0.1) is 0 Å². The standard InChI is InChI=1S/C28H31N3O.C27H29N3O.2C2H6/c1-16-10-11-17-14-21-27(2)15-19-23(29-20-9-7-6-8-18(20)24(19)30(3)4)26-28(27,12-13-31(21)5)22(17)25(16)32-26;1-15-9-10-16-13-20-26(2)14-18-22(28-3)17-7-5-6-8-19(17)29-23(18)25-27(26,11-12-30(20)4)21(16)24(15)31-25;2*1-2/h6-11,21,26H,12-15H2,1-5H3;5-10,20,25H,11-14H2,1-4H3,(H,28,29);2*1-2H3/t21-,26+,27+,28+;20-,25+,26+,27+;;/m11../s1. The largest absolute Gasteiger partial charge is 0.483 e. The molecule has 2 fully saturated rings. The normalized spacial score (nSPS) is 30.3. The van der Waals surface area contributed by atoms with Gasteiger partial charge in [-0.05, 0) is 114 Å². The SMILES string of the molecule is CC.CC.CNc1c2c(nc3ccccc13)[C@@H]1Oc3c(C)ccc4c3[C@@]13CCN(C)[C@H](C4)[C@]3(C)C2.Cc1ccc2c3c1O[C@H]1c4nc5ccccc5c(N(C)C)c4C[C@@]4(C)[C@@H](C2)N(C)CC[C@]314. The van der Waals surface area contributed by atoms with Crippen molar-refractivity contribution in [2.45, 2.75) is 129 Å². The van der Waals surface area contributed by atoms with Crippen molar-refractivity contribution in [3.05, 3.63) is 129 Å². The van der Waals surface area contributed by atoms with Gasteiger partial charge in [-0.3, -0.25) is 0 Å². The summed E-state index contributed by atoms with van der Waals surface area (Å²) in [5, 5.41) is 6.01. The molecule has 6 aromatic rings. The Labute approximate surface area is 399 Å². The molecular formula is C59H72N6O2. The van der Waals surface area contributed by atoms with Crippen molar-refractivity contribution in [1.82, 2.24) is 19.8 Å². The zero-order valence-electron chi connectivity index (χ0n) is 42.4. The number of rotatable bonds is 2. The van der Waals surface area contributed by atoms with E-state index < -0.39 is 0 Å². The number of ether oxygens (including phenoxy) is 2. The van der Waals surface area contributed by atoms with Crippen LogP contribution in [0.15, 0.2) is 72.8 Å². The van der Waals surface area contributed by atoms with E-state index in [9.17, 15) is 0 Å². The van der Waals surface area contributed by atoms with Gasteiger partial charge in [0.1, 0.15) is 11.5 Å². The molecule has 4 bridgehead atoms. The molecule has 350 valence electrons. The molecule has 67 heavy (non-hydrogen) atoms. The number of para-hydroxylation sites is 2. The molecule has 0 saturated carbocycles. The first kappa shape index (κ1) is 44.3. The Hall–Kier alpha value is -5.18. The number of piperidine rings is 2. The first-order valence-corrected chi connectivity index (χ1v) is 25.5. The van der Waals surface area contributed by atoms with Crippen molar-refractivity contribution >= 4 is 33.2 Å². The predicted molar refractivity (Wildman–Crippen MR) is 276 cm³/mol. The summed E-state index contributed by atoms with van der Waals surface area (Å²) in [4.78, 5) is 18.1. The minimum Gasteiger partial charge on any atom is -0.483 e. The van der Waals surface area contributed by atoms with Crippen molar-refractivity contribution < 1.29 is 9.47 Å². The van der Waals surface area contributed by atoms with E-state index in [2.05, 4.69) is 156 Å². The molecule has 4 aliphatic heterocycles. The number of aryl methyl sites for hydroxylation is 2. The molecule has 8 aliphatic rings. The van der Waals surface area contributed by atoms with E-state index >= 15 is 0 Å². The summed E-state index contributed by atoms with van der Waals surface area (Å²) >= 11 is 0. The van der Waals surface area contributed by atoms with Gasteiger partial charge in [-0.25, -0.2) is 9.97 Å². The van der Waals surface area contributed by atoms with Crippen LogP contribution in [0.2, 0.25) is 0 Å². The third-order valence-electron chi connectivity index (χ3n) is 18.6. The van der Waals surface area contributed by atoms with Crippen LogP contribution in [0.25, 0.3) is 21.8 Å². The molecule has 0 amide bonds. The van der Waals surface area contributed by atoms with Crippen LogP contribution in [0.5, 0.6) is 11.5 Å². The van der Waals surface area contributed by atoms with Crippen molar-refractivity contribution in [2.24, 2.45) is 10.8 Å². The van der Waals surface area contributed by atoms with Gasteiger partial charge in [0.15, 0.2) is 12.2 Å². The summed E-state index contributed by atoms with van der Waals surface area (Å²) in [6.07, 6.45) is 6.56. The molecule has 0 radical (unpaired) electrons.